The number of ether oxygens (including phenoxy) is 1. The van der Waals surface area contributed by atoms with Crippen molar-refractivity contribution in [2.24, 2.45) is 5.92 Å². The van der Waals surface area contributed by atoms with E-state index in [-0.39, 0.29) is 10.8 Å². The van der Waals surface area contributed by atoms with E-state index in [1.165, 1.54) is 6.26 Å². The van der Waals surface area contributed by atoms with Gasteiger partial charge in [0.05, 0.1) is 23.9 Å². The number of benzene rings is 1. The van der Waals surface area contributed by atoms with Gasteiger partial charge < -0.3 is 14.2 Å². The van der Waals surface area contributed by atoms with Crippen molar-refractivity contribution in [1.29, 1.82) is 0 Å². The van der Waals surface area contributed by atoms with Crippen LogP contribution in [0.1, 0.15) is 38.4 Å². The summed E-state index contributed by atoms with van der Waals surface area (Å²) in [5.74, 6) is 2.55. The van der Waals surface area contributed by atoms with Gasteiger partial charge in [-0.3, -0.25) is 0 Å². The van der Waals surface area contributed by atoms with Gasteiger partial charge in [-0.15, -0.1) is 0 Å². The first kappa shape index (κ1) is 22.2. The maximum Gasteiger partial charge on any atom is 0.324 e. The summed E-state index contributed by atoms with van der Waals surface area (Å²) in [6.07, 6.45) is 6.43. The molecule has 3 aromatic rings. The number of hydrogen-bond acceptors (Lipinski definition) is 9. The van der Waals surface area contributed by atoms with Crippen molar-refractivity contribution < 1.29 is 17.7 Å². The summed E-state index contributed by atoms with van der Waals surface area (Å²) >= 11 is 0. The summed E-state index contributed by atoms with van der Waals surface area (Å²) in [4.78, 5) is 15.6. The maximum atomic E-state index is 11.6. The summed E-state index contributed by atoms with van der Waals surface area (Å²) in [7, 11) is -3.22. The van der Waals surface area contributed by atoms with Gasteiger partial charge in [0.15, 0.2) is 27.2 Å². The summed E-state index contributed by atoms with van der Waals surface area (Å²) < 4.78 is 34.5. The number of sulfone groups is 1. The fourth-order valence-corrected chi connectivity index (χ4v) is 4.12. The zero-order valence-electron chi connectivity index (χ0n) is 18.4. The first-order valence-corrected chi connectivity index (χ1v) is 12.5. The van der Waals surface area contributed by atoms with Crippen molar-refractivity contribution in [2.75, 3.05) is 30.9 Å². The molecule has 4 rings (SSSR count). The molecule has 10 heteroatoms. The van der Waals surface area contributed by atoms with Gasteiger partial charge >= 0.3 is 6.01 Å². The summed E-state index contributed by atoms with van der Waals surface area (Å²) in [6, 6.07) is 7.12. The third kappa shape index (κ3) is 5.24. The fraction of sp³-hybridized carbons (Fsp3) is 0.455. The normalized spacial score (nSPS) is 15.3. The Morgan fingerprint density at radius 2 is 1.78 bits per heavy atom. The van der Waals surface area contributed by atoms with E-state index < -0.39 is 9.84 Å². The lowest BCUT2D eigenvalue weighted by atomic mass is 9.98. The van der Waals surface area contributed by atoms with Crippen molar-refractivity contribution in [3.8, 4) is 17.1 Å². The minimum atomic E-state index is -3.22. The molecule has 0 amide bonds. The molecular weight excluding hydrogens is 430 g/mol. The van der Waals surface area contributed by atoms with E-state index in [0.29, 0.717) is 30.1 Å². The number of aromatic nitrogens is 4. The number of anilines is 1. The van der Waals surface area contributed by atoms with Gasteiger partial charge in [-0.05, 0) is 43.0 Å². The Kier molecular flexibility index (Phi) is 6.40. The Labute approximate surface area is 187 Å². The molecule has 1 saturated heterocycles. The van der Waals surface area contributed by atoms with E-state index in [1.54, 1.807) is 36.7 Å². The minimum Gasteiger partial charge on any atom is -0.490 e. The zero-order chi connectivity index (χ0) is 22.7. The van der Waals surface area contributed by atoms with Crippen LogP contribution < -0.4 is 9.64 Å². The van der Waals surface area contributed by atoms with Crippen LogP contribution in [0.5, 0.6) is 5.75 Å². The lowest BCUT2D eigenvalue weighted by molar-refractivity contribution is 0.219. The van der Waals surface area contributed by atoms with Crippen LogP contribution in [0.25, 0.3) is 11.4 Å². The lowest BCUT2D eigenvalue weighted by Crippen LogP contribution is -2.35. The van der Waals surface area contributed by atoms with Crippen LogP contribution >= 0.6 is 0 Å². The molecule has 1 aliphatic heterocycles. The largest absolute Gasteiger partial charge is 0.490 e. The molecule has 0 N–H and O–H groups in total. The molecule has 0 atom stereocenters. The Morgan fingerprint density at radius 1 is 1.12 bits per heavy atom. The maximum absolute atomic E-state index is 11.6. The smallest absolute Gasteiger partial charge is 0.324 e. The van der Waals surface area contributed by atoms with E-state index >= 15 is 0 Å². The van der Waals surface area contributed by atoms with E-state index in [1.807, 2.05) is 13.8 Å². The summed E-state index contributed by atoms with van der Waals surface area (Å²) in [5, 5.41) is 4.04. The van der Waals surface area contributed by atoms with Crippen molar-refractivity contribution in [2.45, 2.75) is 37.5 Å². The van der Waals surface area contributed by atoms with Gasteiger partial charge in [-0.1, -0.05) is 19.0 Å². The Hall–Kier alpha value is -3.01. The Bertz CT molecular complexity index is 1140. The number of nitrogens with zero attached hydrogens (tertiary/aromatic N) is 5. The summed E-state index contributed by atoms with van der Waals surface area (Å²) in [6.45, 7) is 6.40. The van der Waals surface area contributed by atoms with Crippen LogP contribution in [-0.2, 0) is 9.84 Å². The number of rotatable bonds is 7. The molecule has 1 fully saturated rings. The standard InChI is InChI=1S/C22H27N5O4S/c1-15(2)20-25-22(31-26-20)27-10-8-16(9-11-27)14-30-18-12-23-21(24-13-18)17-4-6-19(7-5-17)32(3,28)29/h4-7,12-13,15-16H,8-11,14H2,1-3H3. The zero-order valence-corrected chi connectivity index (χ0v) is 19.2. The van der Waals surface area contributed by atoms with Crippen molar-refractivity contribution in [1.82, 2.24) is 20.1 Å². The Balaban J connectivity index is 1.27. The van der Waals surface area contributed by atoms with Crippen molar-refractivity contribution >= 4 is 15.9 Å². The molecule has 0 radical (unpaired) electrons. The highest BCUT2D eigenvalue weighted by Crippen LogP contribution is 2.25. The van der Waals surface area contributed by atoms with E-state index in [2.05, 4.69) is 25.0 Å². The van der Waals surface area contributed by atoms with Crippen LogP contribution in [0, 0.1) is 5.92 Å². The third-order valence-corrected chi connectivity index (χ3v) is 6.62. The highest BCUT2D eigenvalue weighted by molar-refractivity contribution is 7.90. The SMILES string of the molecule is CC(C)c1noc(N2CCC(COc3cnc(-c4ccc(S(C)(=O)=O)cc4)nc3)CC2)n1. The van der Waals surface area contributed by atoms with Crippen LogP contribution in [0.15, 0.2) is 46.1 Å². The summed E-state index contributed by atoms with van der Waals surface area (Å²) in [5.41, 5.74) is 0.748. The third-order valence-electron chi connectivity index (χ3n) is 5.49. The van der Waals surface area contributed by atoms with Gasteiger partial charge in [0, 0.05) is 30.8 Å². The molecule has 3 heterocycles. The highest BCUT2D eigenvalue weighted by atomic mass is 32.2. The number of hydrogen-bond donors (Lipinski definition) is 0. The molecule has 170 valence electrons. The molecule has 9 nitrogen and oxygen atoms in total. The van der Waals surface area contributed by atoms with Gasteiger partial charge in [-0.25, -0.2) is 18.4 Å². The van der Waals surface area contributed by atoms with E-state index in [9.17, 15) is 8.42 Å². The molecule has 0 spiro atoms. The van der Waals surface area contributed by atoms with Crippen LogP contribution in [0.4, 0.5) is 6.01 Å². The molecule has 32 heavy (non-hydrogen) atoms. The molecule has 0 saturated carbocycles. The second kappa shape index (κ2) is 9.23. The second-order valence-electron chi connectivity index (χ2n) is 8.37. The first-order valence-electron chi connectivity index (χ1n) is 10.6. The van der Waals surface area contributed by atoms with E-state index in [0.717, 1.165) is 37.3 Å². The highest BCUT2D eigenvalue weighted by Gasteiger charge is 2.24. The quantitative estimate of drug-likeness (QED) is 0.527. The van der Waals surface area contributed by atoms with Gasteiger partial charge in [0.25, 0.3) is 0 Å². The van der Waals surface area contributed by atoms with Crippen molar-refractivity contribution in [3.63, 3.8) is 0 Å². The van der Waals surface area contributed by atoms with Crippen molar-refractivity contribution in [3.05, 3.63) is 42.5 Å². The predicted molar refractivity (Wildman–Crippen MR) is 119 cm³/mol. The molecule has 0 unspecified atom stereocenters. The number of piperidine rings is 1. The second-order valence-corrected chi connectivity index (χ2v) is 10.4. The van der Waals surface area contributed by atoms with E-state index in [4.69, 9.17) is 9.26 Å². The van der Waals surface area contributed by atoms with Crippen LogP contribution in [0.2, 0.25) is 0 Å². The molecule has 1 aliphatic rings. The average Bonchev–Trinajstić information content (AvgIpc) is 3.29. The first-order chi connectivity index (χ1) is 15.3. The molecule has 0 aliphatic carbocycles. The molecule has 2 aromatic heterocycles. The average molecular weight is 458 g/mol. The minimum absolute atomic E-state index is 0.249. The van der Waals surface area contributed by atoms with Gasteiger partial charge in [-0.2, -0.15) is 4.98 Å². The molecule has 1 aromatic carbocycles. The monoisotopic (exact) mass is 457 g/mol. The van der Waals surface area contributed by atoms with Gasteiger partial charge in [0.1, 0.15) is 0 Å². The Morgan fingerprint density at radius 3 is 2.34 bits per heavy atom. The van der Waals surface area contributed by atoms with Crippen LogP contribution in [0.3, 0.4) is 0 Å². The van der Waals surface area contributed by atoms with Gasteiger partial charge in [0.2, 0.25) is 0 Å². The van der Waals surface area contributed by atoms with Crippen LogP contribution in [-0.4, -0.2) is 54.5 Å². The predicted octanol–water partition coefficient (Wildman–Crippen LogP) is 3.35. The molecular formula is C22H27N5O4S. The molecule has 0 bridgehead atoms. The topological polar surface area (TPSA) is 111 Å². The lowest BCUT2D eigenvalue weighted by Gasteiger charge is -2.30. The fourth-order valence-electron chi connectivity index (χ4n) is 3.49.